The lowest BCUT2D eigenvalue weighted by atomic mass is 10.2. The van der Waals surface area contributed by atoms with Gasteiger partial charge in [0.1, 0.15) is 0 Å². The predicted octanol–water partition coefficient (Wildman–Crippen LogP) is 3.34. The average molecular weight is 342 g/mol. The van der Waals surface area contributed by atoms with Gasteiger partial charge < -0.3 is 5.32 Å². The first-order valence-corrected chi connectivity index (χ1v) is 9.29. The van der Waals surface area contributed by atoms with Gasteiger partial charge in [0.15, 0.2) is 9.84 Å². The number of para-hydroxylation sites is 1. The number of urea groups is 1. The average Bonchev–Trinajstić information content (AvgIpc) is 2.90. The molecule has 0 spiro atoms. The van der Waals surface area contributed by atoms with Gasteiger partial charge in [0.05, 0.1) is 11.8 Å². The maximum Gasteiger partial charge on any atom is 0.326 e. The molecular formula is C18H18N2O3S. The Balaban J connectivity index is 1.91. The second-order valence-electron chi connectivity index (χ2n) is 5.73. The summed E-state index contributed by atoms with van der Waals surface area (Å²) >= 11 is 0. The smallest absolute Gasteiger partial charge is 0.308 e. The number of aryl methyl sites for hydroxylation is 1. The van der Waals surface area contributed by atoms with E-state index in [1.807, 2.05) is 49.4 Å². The first kappa shape index (κ1) is 16.3. The summed E-state index contributed by atoms with van der Waals surface area (Å²) in [6, 6.07) is 15.6. The van der Waals surface area contributed by atoms with Crippen LogP contribution in [0.25, 0.3) is 0 Å². The monoisotopic (exact) mass is 342 g/mol. The summed E-state index contributed by atoms with van der Waals surface area (Å²) in [5.41, 5.74) is 2.38. The van der Waals surface area contributed by atoms with E-state index in [9.17, 15) is 13.2 Å². The van der Waals surface area contributed by atoms with Crippen LogP contribution in [-0.2, 0) is 9.84 Å². The highest BCUT2D eigenvalue weighted by molar-refractivity contribution is 7.94. The molecule has 0 radical (unpaired) electrons. The summed E-state index contributed by atoms with van der Waals surface area (Å²) in [5.74, 6) is -0.108. The second kappa shape index (κ2) is 6.49. The minimum absolute atomic E-state index is 0.108. The molecule has 1 aliphatic rings. The molecule has 1 N–H and O–H groups in total. The lowest BCUT2D eigenvalue weighted by Crippen LogP contribution is -2.43. The van der Waals surface area contributed by atoms with Crippen LogP contribution in [0.3, 0.4) is 0 Å². The number of carbonyl (C=O) groups is 1. The molecule has 2 aromatic rings. The van der Waals surface area contributed by atoms with E-state index in [0.717, 1.165) is 5.56 Å². The minimum atomic E-state index is -3.27. The number of rotatable bonds is 3. The van der Waals surface area contributed by atoms with E-state index in [1.54, 1.807) is 18.2 Å². The highest BCUT2D eigenvalue weighted by atomic mass is 32.2. The van der Waals surface area contributed by atoms with E-state index < -0.39 is 15.9 Å². The molecule has 0 saturated carbocycles. The van der Waals surface area contributed by atoms with Crippen LogP contribution in [0.1, 0.15) is 5.56 Å². The van der Waals surface area contributed by atoms with Crippen LogP contribution in [0.15, 0.2) is 66.1 Å². The maximum absolute atomic E-state index is 12.8. The molecule has 0 unspecified atom stereocenters. The Kier molecular flexibility index (Phi) is 4.40. The van der Waals surface area contributed by atoms with Crippen molar-refractivity contribution in [2.45, 2.75) is 13.0 Å². The van der Waals surface area contributed by atoms with E-state index in [4.69, 9.17) is 0 Å². The lowest BCUT2D eigenvalue weighted by molar-refractivity contribution is 0.256. The van der Waals surface area contributed by atoms with E-state index in [0.29, 0.717) is 11.4 Å². The molecule has 5 nitrogen and oxygen atoms in total. The molecule has 2 amide bonds. The molecule has 0 saturated heterocycles. The zero-order valence-electron chi connectivity index (χ0n) is 13.2. The standard InChI is InChI=1S/C18H18N2O3S/c1-14-7-9-16(10-8-14)20(17-11-12-24(22,23)13-17)18(21)19-15-5-3-2-4-6-15/h2-12,17H,13H2,1H3,(H,19,21)/t17-/m0/s1. The van der Waals surface area contributed by atoms with Crippen molar-refractivity contribution in [3.63, 3.8) is 0 Å². The van der Waals surface area contributed by atoms with Crippen molar-refractivity contribution < 1.29 is 13.2 Å². The van der Waals surface area contributed by atoms with Crippen molar-refractivity contribution in [2.24, 2.45) is 0 Å². The summed E-state index contributed by atoms with van der Waals surface area (Å²) in [4.78, 5) is 14.3. The van der Waals surface area contributed by atoms with Crippen molar-refractivity contribution in [3.8, 4) is 0 Å². The van der Waals surface area contributed by atoms with E-state index >= 15 is 0 Å². The summed E-state index contributed by atoms with van der Waals surface area (Å²) < 4.78 is 23.5. The van der Waals surface area contributed by atoms with Gasteiger partial charge >= 0.3 is 6.03 Å². The van der Waals surface area contributed by atoms with Crippen molar-refractivity contribution >= 4 is 27.2 Å². The Hall–Kier alpha value is -2.60. The first-order chi connectivity index (χ1) is 11.4. The number of hydrogen-bond acceptors (Lipinski definition) is 3. The highest BCUT2D eigenvalue weighted by Crippen LogP contribution is 2.24. The molecule has 24 heavy (non-hydrogen) atoms. The zero-order chi connectivity index (χ0) is 17.2. The number of nitrogens with one attached hydrogen (secondary N) is 1. The van der Waals surface area contributed by atoms with Gasteiger partial charge in [-0.25, -0.2) is 13.2 Å². The van der Waals surface area contributed by atoms with Gasteiger partial charge in [-0.05, 0) is 37.3 Å². The number of carbonyl (C=O) groups excluding carboxylic acids is 1. The lowest BCUT2D eigenvalue weighted by Gasteiger charge is -2.28. The zero-order valence-corrected chi connectivity index (χ0v) is 14.0. The summed E-state index contributed by atoms with van der Waals surface area (Å²) in [6.45, 7) is 1.96. The van der Waals surface area contributed by atoms with Gasteiger partial charge in [0.25, 0.3) is 0 Å². The number of benzene rings is 2. The van der Waals surface area contributed by atoms with Gasteiger partial charge in [0.2, 0.25) is 0 Å². The quantitative estimate of drug-likeness (QED) is 0.930. The molecule has 0 aliphatic carbocycles. The van der Waals surface area contributed by atoms with Crippen LogP contribution in [0.4, 0.5) is 16.2 Å². The third-order valence-electron chi connectivity index (χ3n) is 3.80. The first-order valence-electron chi connectivity index (χ1n) is 7.57. The molecular weight excluding hydrogens is 324 g/mol. The van der Waals surface area contributed by atoms with E-state index in [1.165, 1.54) is 10.3 Å². The molecule has 2 aromatic carbocycles. The van der Waals surface area contributed by atoms with Gasteiger partial charge in [-0.15, -0.1) is 0 Å². The summed E-state index contributed by atoms with van der Waals surface area (Å²) in [6.07, 6.45) is 1.56. The SMILES string of the molecule is Cc1ccc(N(C(=O)Nc2ccccc2)[C@H]2C=CS(=O)(=O)C2)cc1. The summed E-state index contributed by atoms with van der Waals surface area (Å²) in [5, 5.41) is 3.99. The molecule has 1 atom stereocenters. The molecule has 0 fully saturated rings. The number of amides is 2. The Labute approximate surface area is 141 Å². The third-order valence-corrected chi connectivity index (χ3v) is 5.18. The largest absolute Gasteiger partial charge is 0.326 e. The molecule has 1 aliphatic heterocycles. The number of nitrogens with zero attached hydrogens (tertiary/aromatic N) is 1. The third kappa shape index (κ3) is 3.65. The normalized spacial score (nSPS) is 18.3. The Morgan fingerprint density at radius 1 is 1.08 bits per heavy atom. The van der Waals surface area contributed by atoms with E-state index in [-0.39, 0.29) is 11.8 Å². The van der Waals surface area contributed by atoms with Crippen molar-refractivity contribution in [3.05, 3.63) is 71.6 Å². The topological polar surface area (TPSA) is 66.5 Å². The van der Waals surface area contributed by atoms with Crippen LogP contribution in [0.5, 0.6) is 0 Å². The minimum Gasteiger partial charge on any atom is -0.308 e. The van der Waals surface area contributed by atoms with Crippen LogP contribution >= 0.6 is 0 Å². The highest BCUT2D eigenvalue weighted by Gasteiger charge is 2.31. The number of anilines is 2. The van der Waals surface area contributed by atoms with Crippen LogP contribution in [0, 0.1) is 6.92 Å². The predicted molar refractivity (Wildman–Crippen MR) is 95.8 cm³/mol. The van der Waals surface area contributed by atoms with Crippen molar-refractivity contribution in [2.75, 3.05) is 16.0 Å². The van der Waals surface area contributed by atoms with Gasteiger partial charge in [-0.3, -0.25) is 4.90 Å². The van der Waals surface area contributed by atoms with Crippen LogP contribution in [0.2, 0.25) is 0 Å². The van der Waals surface area contributed by atoms with Crippen LogP contribution in [-0.4, -0.2) is 26.2 Å². The summed E-state index contributed by atoms with van der Waals surface area (Å²) in [7, 11) is -3.27. The number of sulfone groups is 1. The second-order valence-corrected chi connectivity index (χ2v) is 7.66. The van der Waals surface area contributed by atoms with Gasteiger partial charge in [-0.2, -0.15) is 0 Å². The number of hydrogen-bond donors (Lipinski definition) is 1. The van der Waals surface area contributed by atoms with Crippen molar-refractivity contribution in [1.29, 1.82) is 0 Å². The van der Waals surface area contributed by atoms with Crippen LogP contribution < -0.4 is 10.2 Å². The molecule has 124 valence electrons. The van der Waals surface area contributed by atoms with Gasteiger partial charge in [0, 0.05) is 16.8 Å². The fourth-order valence-corrected chi connectivity index (χ4v) is 3.86. The Morgan fingerprint density at radius 2 is 1.75 bits per heavy atom. The molecule has 3 rings (SSSR count). The molecule has 1 heterocycles. The fraction of sp³-hybridized carbons (Fsp3) is 0.167. The maximum atomic E-state index is 12.8. The molecule has 0 aromatic heterocycles. The van der Waals surface area contributed by atoms with Gasteiger partial charge in [-0.1, -0.05) is 35.9 Å². The molecule has 6 heteroatoms. The van der Waals surface area contributed by atoms with E-state index in [2.05, 4.69) is 5.32 Å². The fourth-order valence-electron chi connectivity index (χ4n) is 2.59. The van der Waals surface area contributed by atoms with Crippen molar-refractivity contribution in [1.82, 2.24) is 0 Å². The molecule has 0 bridgehead atoms. The Bertz CT molecular complexity index is 859. The Morgan fingerprint density at radius 3 is 2.33 bits per heavy atom.